The van der Waals surface area contributed by atoms with Crippen LogP contribution in [0.1, 0.15) is 13.3 Å². The highest BCUT2D eigenvalue weighted by Gasteiger charge is 2.02. The molecule has 0 aliphatic carbocycles. The van der Waals surface area contributed by atoms with E-state index in [-0.39, 0.29) is 5.69 Å². The molecule has 0 aliphatic rings. The summed E-state index contributed by atoms with van der Waals surface area (Å²) < 4.78 is 30.9. The lowest BCUT2D eigenvalue weighted by Gasteiger charge is -2.07. The van der Waals surface area contributed by atoms with Gasteiger partial charge in [0, 0.05) is 19.8 Å². The van der Waals surface area contributed by atoms with Crippen molar-refractivity contribution in [2.24, 2.45) is 0 Å². The fraction of sp³-hybridized carbons (Fsp3) is 0.455. The normalized spacial score (nSPS) is 10.3. The smallest absolute Gasteiger partial charge is 0.146 e. The van der Waals surface area contributed by atoms with E-state index in [0.717, 1.165) is 24.6 Å². The minimum absolute atomic E-state index is 0.200. The number of benzene rings is 1. The maximum atomic E-state index is 13.1. The molecule has 0 bridgehead atoms. The Balaban J connectivity index is 2.33. The van der Waals surface area contributed by atoms with Gasteiger partial charge in [-0.25, -0.2) is 8.78 Å². The van der Waals surface area contributed by atoms with Gasteiger partial charge in [-0.3, -0.25) is 0 Å². The van der Waals surface area contributed by atoms with Gasteiger partial charge in [0.1, 0.15) is 11.6 Å². The molecule has 0 aromatic heterocycles. The monoisotopic (exact) mass is 215 g/mol. The van der Waals surface area contributed by atoms with Crippen LogP contribution >= 0.6 is 0 Å². The Hall–Kier alpha value is -1.16. The molecule has 1 rings (SSSR count). The topological polar surface area (TPSA) is 21.3 Å². The van der Waals surface area contributed by atoms with Crippen molar-refractivity contribution in [3.8, 4) is 0 Å². The lowest BCUT2D eigenvalue weighted by atomic mass is 10.3. The first-order valence-corrected chi connectivity index (χ1v) is 5.00. The molecule has 0 spiro atoms. The summed E-state index contributed by atoms with van der Waals surface area (Å²) in [5.74, 6) is -0.878. The first-order chi connectivity index (χ1) is 7.24. The number of nitrogens with one attached hydrogen (secondary N) is 1. The lowest BCUT2D eigenvalue weighted by Crippen LogP contribution is -2.07. The molecule has 0 amide bonds. The predicted octanol–water partition coefficient (Wildman–Crippen LogP) is 2.80. The number of ether oxygens (including phenoxy) is 1. The zero-order valence-electron chi connectivity index (χ0n) is 8.72. The zero-order valence-corrected chi connectivity index (χ0v) is 8.72. The molecule has 1 aromatic carbocycles. The molecule has 0 unspecified atom stereocenters. The average molecular weight is 215 g/mol. The van der Waals surface area contributed by atoms with Crippen LogP contribution in [0, 0.1) is 11.6 Å². The summed E-state index contributed by atoms with van der Waals surface area (Å²) in [5.41, 5.74) is 0.200. The number of hydrogen-bond acceptors (Lipinski definition) is 2. The van der Waals surface area contributed by atoms with E-state index in [4.69, 9.17) is 4.74 Å². The van der Waals surface area contributed by atoms with Crippen LogP contribution in [0.25, 0.3) is 0 Å². The Morgan fingerprint density at radius 3 is 2.87 bits per heavy atom. The van der Waals surface area contributed by atoms with E-state index in [1.165, 1.54) is 0 Å². The van der Waals surface area contributed by atoms with Gasteiger partial charge in [-0.1, -0.05) is 0 Å². The third-order valence-corrected chi connectivity index (χ3v) is 1.91. The van der Waals surface area contributed by atoms with Gasteiger partial charge in [0.25, 0.3) is 0 Å². The largest absolute Gasteiger partial charge is 0.383 e. The van der Waals surface area contributed by atoms with E-state index >= 15 is 0 Å². The maximum absolute atomic E-state index is 13.1. The van der Waals surface area contributed by atoms with Crippen molar-refractivity contribution < 1.29 is 13.5 Å². The van der Waals surface area contributed by atoms with Crippen LogP contribution in [-0.2, 0) is 4.74 Å². The second kappa shape index (κ2) is 6.35. The van der Waals surface area contributed by atoms with E-state index in [1.807, 2.05) is 6.92 Å². The van der Waals surface area contributed by atoms with Crippen molar-refractivity contribution >= 4 is 5.69 Å². The first kappa shape index (κ1) is 11.9. The van der Waals surface area contributed by atoms with Crippen LogP contribution in [0.5, 0.6) is 0 Å². The SMILES string of the molecule is CCOCCCNc1cc(F)ccc1F. The average Bonchev–Trinajstić information content (AvgIpc) is 2.23. The van der Waals surface area contributed by atoms with E-state index in [9.17, 15) is 8.78 Å². The van der Waals surface area contributed by atoms with Gasteiger partial charge in [0.05, 0.1) is 5.69 Å². The van der Waals surface area contributed by atoms with Crippen LogP contribution < -0.4 is 5.32 Å². The summed E-state index contributed by atoms with van der Waals surface area (Å²) in [6, 6.07) is 3.36. The highest BCUT2D eigenvalue weighted by molar-refractivity contribution is 5.44. The maximum Gasteiger partial charge on any atom is 0.146 e. The standard InChI is InChI=1S/C11H15F2NO/c1-2-15-7-3-6-14-11-8-9(12)4-5-10(11)13/h4-5,8,14H,2-3,6-7H2,1H3. The van der Waals surface area contributed by atoms with Crippen molar-refractivity contribution in [3.05, 3.63) is 29.8 Å². The van der Waals surface area contributed by atoms with Gasteiger partial charge in [-0.15, -0.1) is 0 Å². The molecule has 0 saturated heterocycles. The Morgan fingerprint density at radius 2 is 2.13 bits per heavy atom. The number of hydrogen-bond donors (Lipinski definition) is 1. The second-order valence-electron chi connectivity index (χ2n) is 3.10. The van der Waals surface area contributed by atoms with E-state index < -0.39 is 11.6 Å². The quantitative estimate of drug-likeness (QED) is 0.737. The molecule has 0 aliphatic heterocycles. The predicted molar refractivity (Wildman–Crippen MR) is 56.0 cm³/mol. The Bertz CT molecular complexity index is 305. The molecule has 2 nitrogen and oxygen atoms in total. The highest BCUT2D eigenvalue weighted by atomic mass is 19.1. The summed E-state index contributed by atoms with van der Waals surface area (Å²) in [4.78, 5) is 0. The summed E-state index contributed by atoms with van der Waals surface area (Å²) in [6.07, 6.45) is 0.768. The van der Waals surface area contributed by atoms with Crippen molar-refractivity contribution in [1.29, 1.82) is 0 Å². The molecule has 0 fully saturated rings. The van der Waals surface area contributed by atoms with Crippen molar-refractivity contribution in [3.63, 3.8) is 0 Å². The Kier molecular flexibility index (Phi) is 5.04. The second-order valence-corrected chi connectivity index (χ2v) is 3.10. The minimum Gasteiger partial charge on any atom is -0.383 e. The summed E-state index contributed by atoms with van der Waals surface area (Å²) in [6.45, 7) is 3.79. The molecule has 15 heavy (non-hydrogen) atoms. The zero-order chi connectivity index (χ0) is 11.1. The Labute approximate surface area is 88.3 Å². The molecule has 1 aromatic rings. The van der Waals surface area contributed by atoms with E-state index in [0.29, 0.717) is 19.8 Å². The molecule has 4 heteroatoms. The molecule has 0 atom stereocenters. The molecule has 84 valence electrons. The molecule has 1 N–H and O–H groups in total. The molecule has 0 saturated carbocycles. The van der Waals surface area contributed by atoms with Crippen molar-refractivity contribution in [2.75, 3.05) is 25.1 Å². The lowest BCUT2D eigenvalue weighted by molar-refractivity contribution is 0.147. The molecular formula is C11H15F2NO. The van der Waals surface area contributed by atoms with E-state index in [1.54, 1.807) is 0 Å². The number of anilines is 1. The van der Waals surface area contributed by atoms with Crippen LogP contribution in [0.3, 0.4) is 0 Å². The van der Waals surface area contributed by atoms with Gasteiger partial charge < -0.3 is 10.1 Å². The highest BCUT2D eigenvalue weighted by Crippen LogP contribution is 2.14. The third kappa shape index (κ3) is 4.25. The van der Waals surface area contributed by atoms with Gasteiger partial charge in [0.15, 0.2) is 0 Å². The van der Waals surface area contributed by atoms with E-state index in [2.05, 4.69) is 5.32 Å². The first-order valence-electron chi connectivity index (χ1n) is 5.00. The third-order valence-electron chi connectivity index (χ3n) is 1.91. The number of halogens is 2. The molecule has 0 radical (unpaired) electrons. The van der Waals surface area contributed by atoms with Crippen molar-refractivity contribution in [1.82, 2.24) is 0 Å². The van der Waals surface area contributed by atoms with Crippen LogP contribution in [0.4, 0.5) is 14.5 Å². The van der Waals surface area contributed by atoms with Gasteiger partial charge in [-0.2, -0.15) is 0 Å². The minimum atomic E-state index is -0.441. The van der Waals surface area contributed by atoms with Crippen LogP contribution in [-0.4, -0.2) is 19.8 Å². The Morgan fingerprint density at radius 1 is 1.33 bits per heavy atom. The van der Waals surface area contributed by atoms with Gasteiger partial charge >= 0.3 is 0 Å². The molecule has 0 heterocycles. The van der Waals surface area contributed by atoms with Gasteiger partial charge in [0.2, 0.25) is 0 Å². The van der Waals surface area contributed by atoms with Crippen molar-refractivity contribution in [2.45, 2.75) is 13.3 Å². The summed E-state index contributed by atoms with van der Waals surface area (Å²) in [5, 5.41) is 2.82. The van der Waals surface area contributed by atoms with Gasteiger partial charge in [-0.05, 0) is 31.5 Å². The van der Waals surface area contributed by atoms with Crippen LogP contribution in [0.15, 0.2) is 18.2 Å². The fourth-order valence-electron chi connectivity index (χ4n) is 1.17. The summed E-state index contributed by atoms with van der Waals surface area (Å²) >= 11 is 0. The summed E-state index contributed by atoms with van der Waals surface area (Å²) in [7, 11) is 0. The molecular weight excluding hydrogens is 200 g/mol. The fourth-order valence-corrected chi connectivity index (χ4v) is 1.17. The van der Waals surface area contributed by atoms with Crippen LogP contribution in [0.2, 0.25) is 0 Å². The number of rotatable bonds is 6.